The highest BCUT2D eigenvalue weighted by molar-refractivity contribution is 5.79. The number of hydrogen-bond acceptors (Lipinski definition) is 3. The summed E-state index contributed by atoms with van der Waals surface area (Å²) in [5.41, 5.74) is 6.68. The normalized spacial score (nSPS) is 13.8. The van der Waals surface area contributed by atoms with Gasteiger partial charge in [0.1, 0.15) is 5.75 Å². The summed E-state index contributed by atoms with van der Waals surface area (Å²) >= 11 is 0. The van der Waals surface area contributed by atoms with Crippen LogP contribution < -0.4 is 15.8 Å². The molecule has 4 heteroatoms. The Morgan fingerprint density at radius 1 is 1.29 bits per heavy atom. The van der Waals surface area contributed by atoms with E-state index in [1.807, 2.05) is 45.0 Å². The van der Waals surface area contributed by atoms with Gasteiger partial charge < -0.3 is 15.8 Å². The average Bonchev–Trinajstić information content (AvgIpc) is 2.44. The quantitative estimate of drug-likeness (QED) is 0.774. The molecule has 0 fully saturated rings. The molecule has 3 N–H and O–H groups in total. The Hall–Kier alpha value is -1.55. The molecule has 0 aromatic heterocycles. The van der Waals surface area contributed by atoms with Gasteiger partial charge in [0.25, 0.3) is 0 Å². The third kappa shape index (κ3) is 5.38. The van der Waals surface area contributed by atoms with Crippen LogP contribution in [0.25, 0.3) is 0 Å². The molecule has 0 aliphatic heterocycles. The summed E-state index contributed by atoms with van der Waals surface area (Å²) in [5.74, 6) is 0.724. The fraction of sp³-hybridized carbons (Fsp3) is 0.588. The summed E-state index contributed by atoms with van der Waals surface area (Å²) in [6.07, 6.45) is 1.88. The van der Waals surface area contributed by atoms with Gasteiger partial charge in [-0.15, -0.1) is 0 Å². The number of carbonyl (C=O) groups excluding carboxylic acids is 1. The van der Waals surface area contributed by atoms with Gasteiger partial charge in [-0.25, -0.2) is 0 Å². The minimum absolute atomic E-state index is 0.0196. The Morgan fingerprint density at radius 3 is 2.52 bits per heavy atom. The van der Waals surface area contributed by atoms with Crippen molar-refractivity contribution in [2.75, 3.05) is 6.54 Å². The summed E-state index contributed by atoms with van der Waals surface area (Å²) in [6, 6.07) is 7.72. The summed E-state index contributed by atoms with van der Waals surface area (Å²) in [6.45, 7) is 8.40. The lowest BCUT2D eigenvalue weighted by Gasteiger charge is -2.22. The van der Waals surface area contributed by atoms with E-state index in [0.29, 0.717) is 6.54 Å². The molecule has 0 saturated carbocycles. The highest BCUT2D eigenvalue weighted by atomic mass is 16.5. The lowest BCUT2D eigenvalue weighted by Crippen LogP contribution is -2.36. The van der Waals surface area contributed by atoms with E-state index in [1.165, 1.54) is 0 Å². The lowest BCUT2D eigenvalue weighted by atomic mass is 10.0. The minimum Gasteiger partial charge on any atom is -0.491 e. The maximum atomic E-state index is 12.2. The third-order valence-electron chi connectivity index (χ3n) is 3.40. The van der Waals surface area contributed by atoms with Crippen molar-refractivity contribution in [3.63, 3.8) is 0 Å². The molecular weight excluding hydrogens is 264 g/mol. The van der Waals surface area contributed by atoms with Gasteiger partial charge in [-0.3, -0.25) is 4.79 Å². The molecule has 2 atom stereocenters. The Bertz CT molecular complexity index is 446. The van der Waals surface area contributed by atoms with Crippen molar-refractivity contribution in [1.29, 1.82) is 0 Å². The van der Waals surface area contributed by atoms with Gasteiger partial charge in [0.2, 0.25) is 5.91 Å². The van der Waals surface area contributed by atoms with Crippen LogP contribution in [0.15, 0.2) is 24.3 Å². The first-order valence-electron chi connectivity index (χ1n) is 7.75. The molecule has 1 amide bonds. The van der Waals surface area contributed by atoms with Crippen molar-refractivity contribution in [3.05, 3.63) is 29.8 Å². The van der Waals surface area contributed by atoms with Gasteiger partial charge in [-0.1, -0.05) is 31.5 Å². The minimum atomic E-state index is -0.115. The Kier molecular flexibility index (Phi) is 7.23. The van der Waals surface area contributed by atoms with Crippen LogP contribution in [0.4, 0.5) is 0 Å². The van der Waals surface area contributed by atoms with Crippen molar-refractivity contribution in [1.82, 2.24) is 5.32 Å². The van der Waals surface area contributed by atoms with Crippen LogP contribution in [0.3, 0.4) is 0 Å². The van der Waals surface area contributed by atoms with E-state index in [-0.39, 0.29) is 24.0 Å². The fourth-order valence-corrected chi connectivity index (χ4v) is 2.31. The first-order chi connectivity index (χ1) is 9.99. The first-order valence-corrected chi connectivity index (χ1v) is 7.75. The zero-order valence-electron chi connectivity index (χ0n) is 13.6. The number of nitrogens with two attached hydrogens (primary N) is 1. The van der Waals surface area contributed by atoms with Crippen molar-refractivity contribution in [2.24, 2.45) is 11.7 Å². The summed E-state index contributed by atoms with van der Waals surface area (Å²) in [7, 11) is 0. The number of benzene rings is 1. The zero-order chi connectivity index (χ0) is 15.8. The van der Waals surface area contributed by atoms with Crippen LogP contribution in [0.1, 0.15) is 52.1 Å². The first kappa shape index (κ1) is 17.5. The topological polar surface area (TPSA) is 64.4 Å². The number of nitrogens with one attached hydrogen (secondary N) is 1. The molecule has 1 aromatic carbocycles. The number of rotatable bonds is 8. The second-order valence-corrected chi connectivity index (χ2v) is 5.66. The number of amides is 1. The fourth-order valence-electron chi connectivity index (χ4n) is 2.31. The second-order valence-electron chi connectivity index (χ2n) is 5.66. The largest absolute Gasteiger partial charge is 0.491 e. The zero-order valence-corrected chi connectivity index (χ0v) is 13.6. The van der Waals surface area contributed by atoms with Gasteiger partial charge in [0.05, 0.1) is 18.1 Å². The van der Waals surface area contributed by atoms with E-state index in [2.05, 4.69) is 12.2 Å². The maximum absolute atomic E-state index is 12.2. The van der Waals surface area contributed by atoms with Gasteiger partial charge in [0, 0.05) is 12.1 Å². The van der Waals surface area contributed by atoms with Crippen LogP contribution in [0.2, 0.25) is 0 Å². The van der Waals surface area contributed by atoms with Crippen LogP contribution in [0.5, 0.6) is 5.75 Å². The molecule has 0 aliphatic carbocycles. The van der Waals surface area contributed by atoms with Crippen LogP contribution in [-0.4, -0.2) is 18.6 Å². The Labute approximate surface area is 128 Å². The molecule has 0 radical (unpaired) electrons. The van der Waals surface area contributed by atoms with Crippen LogP contribution >= 0.6 is 0 Å². The number of hydrogen-bond donors (Lipinski definition) is 2. The molecule has 0 saturated heterocycles. The monoisotopic (exact) mass is 292 g/mol. The number of para-hydroxylation sites is 1. The molecule has 1 aromatic rings. The van der Waals surface area contributed by atoms with Crippen LogP contribution in [0, 0.1) is 5.92 Å². The second kappa shape index (κ2) is 8.67. The standard InChI is InChI=1S/C17H28N2O2/c1-5-8-14(11-18)17(20)19-13(4)15-9-6-7-10-16(15)21-12(2)3/h6-7,9-10,12-14H,5,8,11,18H2,1-4H3,(H,19,20). The van der Waals surface area contributed by atoms with Gasteiger partial charge in [0.15, 0.2) is 0 Å². The van der Waals surface area contributed by atoms with E-state index in [4.69, 9.17) is 10.5 Å². The van der Waals surface area contributed by atoms with E-state index < -0.39 is 0 Å². The van der Waals surface area contributed by atoms with Gasteiger partial charge in [-0.05, 0) is 33.3 Å². The number of carbonyl (C=O) groups is 1. The van der Waals surface area contributed by atoms with E-state index >= 15 is 0 Å². The molecule has 21 heavy (non-hydrogen) atoms. The molecule has 118 valence electrons. The Balaban J connectivity index is 2.79. The van der Waals surface area contributed by atoms with Crippen molar-refractivity contribution < 1.29 is 9.53 Å². The summed E-state index contributed by atoms with van der Waals surface area (Å²) in [5, 5.41) is 3.05. The average molecular weight is 292 g/mol. The lowest BCUT2D eigenvalue weighted by molar-refractivity contribution is -0.125. The Morgan fingerprint density at radius 2 is 1.95 bits per heavy atom. The van der Waals surface area contributed by atoms with Crippen molar-refractivity contribution in [3.8, 4) is 5.75 Å². The van der Waals surface area contributed by atoms with Gasteiger partial charge in [-0.2, -0.15) is 0 Å². The van der Waals surface area contributed by atoms with E-state index in [0.717, 1.165) is 24.2 Å². The maximum Gasteiger partial charge on any atom is 0.224 e. The highest BCUT2D eigenvalue weighted by Crippen LogP contribution is 2.26. The van der Waals surface area contributed by atoms with Gasteiger partial charge >= 0.3 is 0 Å². The SMILES string of the molecule is CCCC(CN)C(=O)NC(C)c1ccccc1OC(C)C. The van der Waals surface area contributed by atoms with Crippen molar-refractivity contribution in [2.45, 2.75) is 52.7 Å². The van der Waals surface area contributed by atoms with Crippen LogP contribution in [-0.2, 0) is 4.79 Å². The number of ether oxygens (including phenoxy) is 1. The van der Waals surface area contributed by atoms with E-state index in [1.54, 1.807) is 0 Å². The molecule has 0 spiro atoms. The molecule has 1 rings (SSSR count). The molecule has 0 bridgehead atoms. The molecule has 4 nitrogen and oxygen atoms in total. The predicted octanol–water partition coefficient (Wildman–Crippen LogP) is 3.03. The van der Waals surface area contributed by atoms with E-state index in [9.17, 15) is 4.79 Å². The predicted molar refractivity (Wildman–Crippen MR) is 86.2 cm³/mol. The molecule has 0 heterocycles. The summed E-state index contributed by atoms with van der Waals surface area (Å²) < 4.78 is 5.81. The summed E-state index contributed by atoms with van der Waals surface area (Å²) in [4.78, 5) is 12.2. The molecular formula is C17H28N2O2. The third-order valence-corrected chi connectivity index (χ3v) is 3.40. The smallest absolute Gasteiger partial charge is 0.224 e. The molecule has 2 unspecified atom stereocenters. The van der Waals surface area contributed by atoms with Crippen molar-refractivity contribution >= 4 is 5.91 Å². The highest BCUT2D eigenvalue weighted by Gasteiger charge is 2.20. The molecule has 0 aliphatic rings.